The van der Waals surface area contributed by atoms with Crippen molar-refractivity contribution in [1.82, 2.24) is 14.9 Å². The van der Waals surface area contributed by atoms with Crippen LogP contribution in [0.25, 0.3) is 10.9 Å². The van der Waals surface area contributed by atoms with Crippen LogP contribution in [0.15, 0.2) is 52.0 Å². The molecule has 30 heavy (non-hydrogen) atoms. The number of halogens is 1. The van der Waals surface area contributed by atoms with Gasteiger partial charge in [0.25, 0.3) is 5.91 Å². The third kappa shape index (κ3) is 2.67. The van der Waals surface area contributed by atoms with E-state index in [2.05, 4.69) is 26.0 Å². The van der Waals surface area contributed by atoms with Gasteiger partial charge in [0.15, 0.2) is 5.54 Å². The Morgan fingerprint density at radius 2 is 2.03 bits per heavy atom. The van der Waals surface area contributed by atoms with E-state index in [0.29, 0.717) is 18.5 Å². The van der Waals surface area contributed by atoms with Crippen LogP contribution in [-0.2, 0) is 21.5 Å². The van der Waals surface area contributed by atoms with E-state index in [1.807, 2.05) is 24.3 Å². The number of nitrogens with zero attached hydrogens (tertiary/aromatic N) is 3. The number of carbonyl (C=O) groups excluding carboxylic acids is 2. The van der Waals surface area contributed by atoms with Gasteiger partial charge >= 0.3 is 0 Å². The number of piperazine rings is 1. The van der Waals surface area contributed by atoms with Gasteiger partial charge in [-0.05, 0) is 43.2 Å². The van der Waals surface area contributed by atoms with Crippen molar-refractivity contribution in [3.05, 3.63) is 63.8 Å². The Hall–Kier alpha value is -3.13. The molecule has 1 aromatic heterocycles. The number of para-hydroxylation sites is 1. The highest BCUT2D eigenvalue weighted by Gasteiger charge is 2.54. The first-order valence-corrected chi connectivity index (χ1v) is 10.4. The number of hydrogen-bond acceptors (Lipinski definition) is 4. The van der Waals surface area contributed by atoms with Crippen LogP contribution in [-0.4, -0.2) is 51.1 Å². The Balaban J connectivity index is 1.57. The van der Waals surface area contributed by atoms with Crippen LogP contribution >= 0.6 is 15.9 Å². The smallest absolute Gasteiger partial charge is 0.275 e. The minimum absolute atomic E-state index is 0.0427. The molecule has 8 heteroatoms. The summed E-state index contributed by atoms with van der Waals surface area (Å²) >= 11 is 3.35. The third-order valence-electron chi connectivity index (χ3n) is 5.99. The van der Waals surface area contributed by atoms with Crippen LogP contribution < -0.4 is 0 Å². The van der Waals surface area contributed by atoms with Crippen molar-refractivity contribution < 1.29 is 14.7 Å². The number of benzene rings is 2. The summed E-state index contributed by atoms with van der Waals surface area (Å²) in [6, 6.07) is 12.9. The third-order valence-corrected chi connectivity index (χ3v) is 6.48. The second kappa shape index (κ2) is 6.70. The normalized spacial score (nSPS) is 21.4. The largest absolute Gasteiger partial charge is 0.507 e. The average molecular weight is 467 g/mol. The number of amides is 2. The maximum atomic E-state index is 13.6. The lowest BCUT2D eigenvalue weighted by molar-refractivity contribution is -0.165. The molecule has 7 nitrogen and oxygen atoms in total. The molecular formula is C22H19BrN4O3. The SMILES string of the molecule is C[C@@]12C(=O)N(/N=C\c3cc(Br)ccc3O)CC(=O)N1CCc1c2[nH]c2ccccc12. The van der Waals surface area contributed by atoms with Crippen molar-refractivity contribution in [1.29, 1.82) is 0 Å². The van der Waals surface area contributed by atoms with Crippen LogP contribution in [0.4, 0.5) is 0 Å². The number of H-pyrrole nitrogens is 1. The van der Waals surface area contributed by atoms with Gasteiger partial charge < -0.3 is 15.0 Å². The molecule has 0 unspecified atom stereocenters. The molecule has 2 N–H and O–H groups in total. The number of nitrogens with one attached hydrogen (secondary N) is 1. The highest BCUT2D eigenvalue weighted by atomic mass is 79.9. The molecule has 0 radical (unpaired) electrons. The van der Waals surface area contributed by atoms with Crippen molar-refractivity contribution in [3.8, 4) is 5.75 Å². The van der Waals surface area contributed by atoms with Crippen molar-refractivity contribution in [3.63, 3.8) is 0 Å². The quantitative estimate of drug-likeness (QED) is 0.568. The van der Waals surface area contributed by atoms with Crippen molar-refractivity contribution in [2.75, 3.05) is 13.1 Å². The number of fused-ring (bicyclic) bond motifs is 5. The molecule has 0 saturated carbocycles. The zero-order valence-electron chi connectivity index (χ0n) is 16.2. The Morgan fingerprint density at radius 1 is 1.23 bits per heavy atom. The van der Waals surface area contributed by atoms with Gasteiger partial charge in [-0.25, -0.2) is 5.01 Å². The fourth-order valence-electron chi connectivity index (χ4n) is 4.44. The van der Waals surface area contributed by atoms with Crippen molar-refractivity contribution >= 4 is 44.9 Å². The van der Waals surface area contributed by atoms with E-state index in [0.717, 1.165) is 26.6 Å². The zero-order chi connectivity index (χ0) is 21.0. The Kier molecular flexibility index (Phi) is 4.21. The summed E-state index contributed by atoms with van der Waals surface area (Å²) in [6.45, 7) is 2.13. The molecule has 3 aromatic rings. The Bertz CT molecular complexity index is 1230. The van der Waals surface area contributed by atoms with Crippen molar-refractivity contribution in [2.45, 2.75) is 18.9 Å². The first-order chi connectivity index (χ1) is 14.4. The fraction of sp³-hybridized carbons (Fsp3) is 0.227. The summed E-state index contributed by atoms with van der Waals surface area (Å²) in [7, 11) is 0. The maximum Gasteiger partial charge on any atom is 0.275 e. The molecule has 1 atom stereocenters. The summed E-state index contributed by atoms with van der Waals surface area (Å²) in [6.07, 6.45) is 2.10. The molecule has 1 saturated heterocycles. The number of aromatic amines is 1. The lowest BCUT2D eigenvalue weighted by atomic mass is 9.83. The number of hydrazone groups is 1. The van der Waals surface area contributed by atoms with Crippen LogP contribution in [0.5, 0.6) is 5.75 Å². The molecule has 3 heterocycles. The first-order valence-electron chi connectivity index (χ1n) is 9.64. The van der Waals surface area contributed by atoms with Gasteiger partial charge in [0.05, 0.1) is 11.9 Å². The molecule has 2 aromatic carbocycles. The number of carbonyl (C=O) groups is 2. The van der Waals surface area contributed by atoms with E-state index >= 15 is 0 Å². The molecule has 2 amide bonds. The monoisotopic (exact) mass is 466 g/mol. The van der Waals surface area contributed by atoms with E-state index in [1.165, 1.54) is 17.3 Å². The van der Waals surface area contributed by atoms with Gasteiger partial charge in [-0.1, -0.05) is 34.1 Å². The fourth-order valence-corrected chi connectivity index (χ4v) is 4.82. The van der Waals surface area contributed by atoms with E-state index in [-0.39, 0.29) is 24.1 Å². The highest BCUT2D eigenvalue weighted by molar-refractivity contribution is 9.10. The second-order valence-electron chi connectivity index (χ2n) is 7.70. The maximum absolute atomic E-state index is 13.6. The molecule has 2 aliphatic rings. The molecular weight excluding hydrogens is 448 g/mol. The molecule has 0 spiro atoms. The van der Waals surface area contributed by atoms with E-state index in [1.54, 1.807) is 24.0 Å². The number of rotatable bonds is 2. The number of aromatic hydroxyl groups is 1. The number of aromatic nitrogens is 1. The summed E-state index contributed by atoms with van der Waals surface area (Å²) < 4.78 is 0.774. The summed E-state index contributed by atoms with van der Waals surface area (Å²) in [5.74, 6) is -0.390. The summed E-state index contributed by atoms with van der Waals surface area (Å²) in [4.78, 5) is 31.5. The summed E-state index contributed by atoms with van der Waals surface area (Å²) in [5, 5.41) is 16.6. The van der Waals surface area contributed by atoms with Crippen LogP contribution in [0.1, 0.15) is 23.7 Å². The lowest BCUT2D eigenvalue weighted by Crippen LogP contribution is -2.65. The molecule has 0 aliphatic carbocycles. The molecule has 2 aliphatic heterocycles. The van der Waals surface area contributed by atoms with Crippen LogP contribution in [0.3, 0.4) is 0 Å². The standard InChI is InChI=1S/C22H19BrN4O3/c1-22-20-16(15-4-2-3-5-17(15)25-20)8-9-26(22)19(29)12-27(21(22)30)24-11-13-10-14(23)6-7-18(13)28/h2-7,10-11,25,28H,8-9,12H2,1H3/b24-11-/t22-/m1/s1. The number of hydrogen-bond donors (Lipinski definition) is 2. The van der Waals surface area contributed by atoms with Gasteiger partial charge in [0, 0.05) is 27.5 Å². The molecule has 152 valence electrons. The Morgan fingerprint density at radius 3 is 2.87 bits per heavy atom. The van der Waals surface area contributed by atoms with Gasteiger partial charge in [-0.15, -0.1) is 0 Å². The lowest BCUT2D eigenvalue weighted by Gasteiger charge is -2.48. The van der Waals surface area contributed by atoms with E-state index in [9.17, 15) is 14.7 Å². The highest BCUT2D eigenvalue weighted by Crippen LogP contribution is 2.41. The predicted octanol–water partition coefficient (Wildman–Crippen LogP) is 3.11. The summed E-state index contributed by atoms with van der Waals surface area (Å²) in [5.41, 5.74) is 2.07. The van der Waals surface area contributed by atoms with Gasteiger partial charge in [-0.2, -0.15) is 5.10 Å². The predicted molar refractivity (Wildman–Crippen MR) is 116 cm³/mol. The molecule has 0 bridgehead atoms. The topological polar surface area (TPSA) is 89.0 Å². The zero-order valence-corrected chi connectivity index (χ0v) is 17.8. The number of phenols is 1. The molecule has 1 fully saturated rings. The van der Waals surface area contributed by atoms with Gasteiger partial charge in [0.2, 0.25) is 5.91 Å². The van der Waals surface area contributed by atoms with Crippen molar-refractivity contribution in [2.24, 2.45) is 5.10 Å². The van der Waals surface area contributed by atoms with Crippen LogP contribution in [0, 0.1) is 0 Å². The first kappa shape index (κ1) is 18.9. The average Bonchev–Trinajstić information content (AvgIpc) is 3.12. The minimum Gasteiger partial charge on any atom is -0.507 e. The van der Waals surface area contributed by atoms with Crippen LogP contribution in [0.2, 0.25) is 0 Å². The van der Waals surface area contributed by atoms with E-state index in [4.69, 9.17) is 0 Å². The Labute approximate surface area is 181 Å². The minimum atomic E-state index is -1.15. The van der Waals surface area contributed by atoms with E-state index < -0.39 is 5.54 Å². The number of phenolic OH excluding ortho intramolecular Hbond substituents is 1. The van der Waals surface area contributed by atoms with Gasteiger partial charge in [-0.3, -0.25) is 9.59 Å². The van der Waals surface area contributed by atoms with Gasteiger partial charge in [0.1, 0.15) is 12.3 Å². The molecule has 5 rings (SSSR count). The second-order valence-corrected chi connectivity index (χ2v) is 8.62.